The number of nitrogens with zero attached hydrogens (tertiary/aromatic N) is 1. The second-order valence-electron chi connectivity index (χ2n) is 5.02. The Kier molecular flexibility index (Phi) is 4.15. The van der Waals surface area contributed by atoms with Gasteiger partial charge in [-0.1, -0.05) is 35.8 Å². The minimum absolute atomic E-state index is 0.197. The van der Waals surface area contributed by atoms with Crippen LogP contribution in [0.5, 0.6) is 0 Å². The minimum Gasteiger partial charge on any atom is -0.325 e. The van der Waals surface area contributed by atoms with E-state index in [0.29, 0.717) is 5.69 Å². The van der Waals surface area contributed by atoms with Gasteiger partial charge < -0.3 is 5.32 Å². The highest BCUT2D eigenvalue weighted by Crippen LogP contribution is 2.34. The molecule has 1 amide bonds. The predicted molar refractivity (Wildman–Crippen MR) is 86.2 cm³/mol. The molecule has 1 aromatic heterocycles. The van der Waals surface area contributed by atoms with E-state index in [1.54, 1.807) is 30.3 Å². The fourth-order valence-corrected chi connectivity index (χ4v) is 3.33. The van der Waals surface area contributed by atoms with E-state index < -0.39 is 28.6 Å². The maximum atomic E-state index is 13.0. The molecule has 0 unspecified atom stereocenters. The molecule has 3 rings (SSSR count). The van der Waals surface area contributed by atoms with Crippen molar-refractivity contribution in [2.75, 3.05) is 5.32 Å². The molecule has 0 atom stereocenters. The number of rotatable bonds is 3. The first-order valence-corrected chi connectivity index (χ1v) is 7.68. The van der Waals surface area contributed by atoms with Gasteiger partial charge in [-0.15, -0.1) is 0 Å². The van der Waals surface area contributed by atoms with Crippen LogP contribution in [-0.2, 0) is 17.5 Å². The van der Waals surface area contributed by atoms with Gasteiger partial charge in [-0.2, -0.15) is 13.2 Å². The summed E-state index contributed by atoms with van der Waals surface area (Å²) in [4.78, 5) is 24.3. The third-order valence-corrected chi connectivity index (χ3v) is 4.38. The summed E-state index contributed by atoms with van der Waals surface area (Å²) in [5.74, 6) is -0.483. The number of aromatic nitrogens is 1. The number of nitrogens with one attached hydrogen (secondary N) is 1. The molecule has 4 nitrogen and oxygen atoms in total. The van der Waals surface area contributed by atoms with Crippen molar-refractivity contribution in [2.45, 2.75) is 12.7 Å². The lowest BCUT2D eigenvalue weighted by Gasteiger charge is -2.06. The van der Waals surface area contributed by atoms with Crippen molar-refractivity contribution in [1.29, 1.82) is 0 Å². The first-order chi connectivity index (χ1) is 11.4. The average Bonchev–Trinajstić information content (AvgIpc) is 2.83. The molecule has 8 heteroatoms. The molecule has 124 valence electrons. The van der Waals surface area contributed by atoms with Crippen LogP contribution in [0.1, 0.15) is 5.56 Å². The normalized spacial score (nSPS) is 11.6. The van der Waals surface area contributed by atoms with Crippen LogP contribution < -0.4 is 10.9 Å². The Morgan fingerprint density at radius 2 is 1.79 bits per heavy atom. The lowest BCUT2D eigenvalue weighted by molar-refractivity contribution is -0.136. The summed E-state index contributed by atoms with van der Waals surface area (Å²) < 4.78 is 40.3. The zero-order chi connectivity index (χ0) is 17.3. The van der Waals surface area contributed by atoms with Crippen molar-refractivity contribution < 1.29 is 18.0 Å². The quantitative estimate of drug-likeness (QED) is 0.781. The molecule has 3 aromatic rings. The zero-order valence-electron chi connectivity index (χ0n) is 12.1. The third kappa shape index (κ3) is 3.18. The molecule has 1 N–H and O–H groups in total. The first kappa shape index (κ1) is 16.3. The fourth-order valence-electron chi connectivity index (χ4n) is 2.31. The van der Waals surface area contributed by atoms with Crippen LogP contribution in [0.2, 0.25) is 0 Å². The maximum Gasteiger partial charge on any atom is 0.417 e. The van der Waals surface area contributed by atoms with E-state index >= 15 is 0 Å². The topological polar surface area (TPSA) is 51.1 Å². The summed E-state index contributed by atoms with van der Waals surface area (Å²) in [6.45, 7) is -0.343. The minimum atomic E-state index is -4.62. The van der Waals surface area contributed by atoms with Crippen LogP contribution in [0.15, 0.2) is 53.3 Å². The van der Waals surface area contributed by atoms with Crippen LogP contribution in [0.4, 0.5) is 18.9 Å². The van der Waals surface area contributed by atoms with Gasteiger partial charge in [-0.3, -0.25) is 13.5 Å². The highest BCUT2D eigenvalue weighted by molar-refractivity contribution is 7.13. The Morgan fingerprint density at radius 1 is 1.08 bits per heavy atom. The van der Waals surface area contributed by atoms with Crippen molar-refractivity contribution in [3.63, 3.8) is 0 Å². The van der Waals surface area contributed by atoms with Gasteiger partial charge in [0.25, 0.3) is 5.56 Å². The van der Waals surface area contributed by atoms with E-state index in [4.69, 9.17) is 0 Å². The number of amides is 1. The van der Waals surface area contributed by atoms with Crippen LogP contribution in [0, 0.1) is 0 Å². The Labute approximate surface area is 138 Å². The van der Waals surface area contributed by atoms with Crippen LogP contribution in [0.25, 0.3) is 10.1 Å². The number of hydrogen-bond acceptors (Lipinski definition) is 3. The second kappa shape index (κ2) is 6.12. The summed E-state index contributed by atoms with van der Waals surface area (Å²) in [6, 6.07) is 12.1. The second-order valence-corrected chi connectivity index (χ2v) is 6.09. The van der Waals surface area contributed by atoms with Gasteiger partial charge in [0.2, 0.25) is 5.91 Å². The fraction of sp³-hybridized carbons (Fsp3) is 0.125. The SMILES string of the molecule is O=C(Cn1sc2cccc(C(F)(F)F)c2c1=O)Nc1ccccc1. The molecule has 0 aliphatic heterocycles. The number of benzene rings is 2. The summed E-state index contributed by atoms with van der Waals surface area (Å²) in [6.07, 6.45) is -4.62. The Hall–Kier alpha value is -2.61. The molecule has 0 aliphatic carbocycles. The van der Waals surface area contributed by atoms with E-state index in [1.165, 1.54) is 12.1 Å². The van der Waals surface area contributed by atoms with Gasteiger partial charge in [0.1, 0.15) is 6.54 Å². The predicted octanol–water partition coefficient (Wildman–Crippen LogP) is 3.72. The monoisotopic (exact) mass is 352 g/mol. The lowest BCUT2D eigenvalue weighted by atomic mass is 10.1. The molecular formula is C16H11F3N2O2S. The molecule has 0 fully saturated rings. The summed E-state index contributed by atoms with van der Waals surface area (Å²) in [5.41, 5.74) is -1.25. The van der Waals surface area contributed by atoms with Gasteiger partial charge in [0, 0.05) is 5.69 Å². The highest BCUT2D eigenvalue weighted by atomic mass is 32.1. The average molecular weight is 352 g/mol. The zero-order valence-corrected chi connectivity index (χ0v) is 12.9. The Morgan fingerprint density at radius 3 is 2.46 bits per heavy atom. The van der Waals surface area contributed by atoms with Gasteiger partial charge in [0.05, 0.1) is 15.6 Å². The van der Waals surface area contributed by atoms with E-state index in [0.717, 1.165) is 21.6 Å². The number of halogens is 3. The lowest BCUT2D eigenvalue weighted by Crippen LogP contribution is -2.24. The molecular weight excluding hydrogens is 341 g/mol. The van der Waals surface area contributed by atoms with Crippen molar-refractivity contribution in [3.05, 3.63) is 64.4 Å². The first-order valence-electron chi connectivity index (χ1n) is 6.91. The van der Waals surface area contributed by atoms with Gasteiger partial charge in [-0.05, 0) is 24.3 Å². The molecule has 24 heavy (non-hydrogen) atoms. The molecule has 0 saturated heterocycles. The van der Waals surface area contributed by atoms with Crippen LogP contribution in [0.3, 0.4) is 0 Å². The number of hydrogen-bond donors (Lipinski definition) is 1. The third-order valence-electron chi connectivity index (χ3n) is 3.33. The van der Waals surface area contributed by atoms with Crippen LogP contribution in [-0.4, -0.2) is 9.86 Å². The van der Waals surface area contributed by atoms with E-state index in [-0.39, 0.29) is 11.2 Å². The summed E-state index contributed by atoms with van der Waals surface area (Å²) in [7, 11) is 0. The number of alkyl halides is 3. The summed E-state index contributed by atoms with van der Waals surface area (Å²) >= 11 is 0.836. The number of anilines is 1. The Bertz CT molecular complexity index is 945. The van der Waals surface area contributed by atoms with Gasteiger partial charge >= 0.3 is 6.18 Å². The van der Waals surface area contributed by atoms with Crippen molar-refractivity contribution in [1.82, 2.24) is 3.96 Å². The number of para-hydroxylation sites is 1. The molecule has 0 spiro atoms. The van der Waals surface area contributed by atoms with E-state index in [9.17, 15) is 22.8 Å². The largest absolute Gasteiger partial charge is 0.417 e. The molecule has 0 radical (unpaired) electrons. The van der Waals surface area contributed by atoms with Crippen molar-refractivity contribution in [3.8, 4) is 0 Å². The smallest absolute Gasteiger partial charge is 0.325 e. The Balaban J connectivity index is 1.92. The number of fused-ring (bicyclic) bond motifs is 1. The van der Waals surface area contributed by atoms with Crippen molar-refractivity contribution in [2.24, 2.45) is 0 Å². The van der Waals surface area contributed by atoms with Crippen molar-refractivity contribution >= 4 is 33.2 Å². The van der Waals surface area contributed by atoms with Crippen LogP contribution >= 0.6 is 11.5 Å². The molecule has 2 aromatic carbocycles. The standard InChI is InChI=1S/C16H11F3N2O2S/c17-16(18,19)11-7-4-8-12-14(11)15(23)21(24-12)9-13(22)20-10-5-2-1-3-6-10/h1-8H,9H2,(H,20,22). The molecule has 0 aliphatic rings. The highest BCUT2D eigenvalue weighted by Gasteiger charge is 2.34. The number of carbonyl (C=O) groups excluding carboxylic acids is 1. The molecule has 1 heterocycles. The van der Waals surface area contributed by atoms with Gasteiger partial charge in [-0.25, -0.2) is 0 Å². The summed E-state index contributed by atoms with van der Waals surface area (Å²) in [5, 5.41) is 2.19. The number of carbonyl (C=O) groups is 1. The van der Waals surface area contributed by atoms with Gasteiger partial charge in [0.15, 0.2) is 0 Å². The molecule has 0 saturated carbocycles. The maximum absolute atomic E-state index is 13.0. The van der Waals surface area contributed by atoms with E-state index in [2.05, 4.69) is 5.32 Å². The molecule has 0 bridgehead atoms. The van der Waals surface area contributed by atoms with E-state index in [1.807, 2.05) is 0 Å².